The molecule has 3 N–H and O–H groups in total. The normalized spacial score (nSPS) is 17.5. The first kappa shape index (κ1) is 51.9. The second kappa shape index (κ2) is 23.0. The fraction of sp³-hybridized carbons (Fsp3) is 0.245. The predicted octanol–water partition coefficient (Wildman–Crippen LogP) is 9.59. The Morgan fingerprint density at radius 1 is 0.781 bits per heavy atom. The van der Waals surface area contributed by atoms with E-state index >= 15 is 0 Å². The molecular weight excluding hydrogens is 992 g/mol. The first-order valence-electron chi connectivity index (χ1n) is 22.9. The van der Waals surface area contributed by atoms with Crippen LogP contribution in [0.3, 0.4) is 0 Å². The van der Waals surface area contributed by atoms with Crippen LogP contribution in [0.1, 0.15) is 59.4 Å². The molecule has 3 atom stereocenters. The molecule has 3 aliphatic heterocycles. The third-order valence-electron chi connectivity index (χ3n) is 12.4. The van der Waals surface area contributed by atoms with Crippen LogP contribution >= 0.6 is 23.1 Å². The van der Waals surface area contributed by atoms with E-state index < -0.39 is 65.3 Å². The van der Waals surface area contributed by atoms with Gasteiger partial charge in [-0.25, -0.2) is 14.6 Å². The van der Waals surface area contributed by atoms with Crippen molar-refractivity contribution in [3.05, 3.63) is 202 Å². The Labute approximate surface area is 424 Å². The number of halogens is 5. The summed E-state index contributed by atoms with van der Waals surface area (Å²) < 4.78 is 65.3. The quantitative estimate of drug-likeness (QED) is 0.0211. The van der Waals surface area contributed by atoms with Crippen LogP contribution in [0.5, 0.6) is 0 Å². The molecule has 378 valence electrons. The number of rotatable bonds is 16. The highest BCUT2D eigenvalue weighted by molar-refractivity contribution is 8.00. The lowest BCUT2D eigenvalue weighted by atomic mass is 9.77. The number of hydrogen-bond donors (Lipinski definition) is 3. The second-order valence-corrected chi connectivity index (χ2v) is 18.8. The van der Waals surface area contributed by atoms with Gasteiger partial charge in [-0.15, -0.1) is 23.1 Å². The number of anilines is 1. The summed E-state index contributed by atoms with van der Waals surface area (Å²) in [6.07, 6.45) is -3.80. The molecule has 2 saturated heterocycles. The van der Waals surface area contributed by atoms with Crippen LogP contribution in [0.2, 0.25) is 0 Å². The van der Waals surface area contributed by atoms with Crippen LogP contribution in [-0.4, -0.2) is 98.4 Å². The highest BCUT2D eigenvalue weighted by atomic mass is 32.2. The Kier molecular flexibility index (Phi) is 16.3. The number of aliphatic carboxylic acids is 1. The summed E-state index contributed by atoms with van der Waals surface area (Å²) in [5.41, 5.74) is 3.55. The Morgan fingerprint density at radius 3 is 1.73 bits per heavy atom. The molecular formula is C53H47F5N6O7S2. The van der Waals surface area contributed by atoms with Crippen molar-refractivity contribution in [2.24, 2.45) is 5.16 Å². The van der Waals surface area contributed by atoms with Crippen LogP contribution in [0.15, 0.2) is 173 Å². The summed E-state index contributed by atoms with van der Waals surface area (Å²) in [7, 11) is 0. The van der Waals surface area contributed by atoms with Gasteiger partial charge in [-0.1, -0.05) is 157 Å². The van der Waals surface area contributed by atoms with Crippen LogP contribution in [0.25, 0.3) is 0 Å². The van der Waals surface area contributed by atoms with Crippen LogP contribution < -0.4 is 10.6 Å². The molecule has 0 aliphatic carbocycles. The number of likely N-dealkylation sites (tertiary alicyclic amines) is 1. The summed E-state index contributed by atoms with van der Waals surface area (Å²) in [5.74, 6) is -4.54. The number of benzene rings is 5. The van der Waals surface area contributed by atoms with Gasteiger partial charge in [0.05, 0.1) is 0 Å². The van der Waals surface area contributed by atoms with Crippen molar-refractivity contribution in [1.82, 2.24) is 20.1 Å². The van der Waals surface area contributed by atoms with Gasteiger partial charge in [0.2, 0.25) is 0 Å². The van der Waals surface area contributed by atoms with E-state index in [0.717, 1.165) is 70.7 Å². The number of nitrogens with one attached hydrogen (secondary N) is 2. The number of ether oxygens (including phenoxy) is 1. The van der Waals surface area contributed by atoms with Crippen molar-refractivity contribution in [3.63, 3.8) is 0 Å². The zero-order valence-corrected chi connectivity index (χ0v) is 40.5. The number of carbonyl (C=O) groups is 4. The monoisotopic (exact) mass is 1040 g/mol. The van der Waals surface area contributed by atoms with Crippen molar-refractivity contribution < 1.29 is 55.8 Å². The van der Waals surface area contributed by atoms with Crippen molar-refractivity contribution in [1.29, 1.82) is 0 Å². The molecule has 1 aromatic heterocycles. The number of carboxylic acid groups (broad SMARTS) is 1. The molecule has 20 heteroatoms. The average Bonchev–Trinajstić information content (AvgIpc) is 4.13. The van der Waals surface area contributed by atoms with E-state index in [-0.39, 0.29) is 17.4 Å². The van der Waals surface area contributed by atoms with E-state index in [4.69, 9.17) is 19.6 Å². The Bertz CT molecular complexity index is 2790. The van der Waals surface area contributed by atoms with E-state index in [1.165, 1.54) is 22.0 Å². The highest BCUT2D eigenvalue weighted by Crippen LogP contribution is 2.44. The maximum absolute atomic E-state index is 14.7. The van der Waals surface area contributed by atoms with Gasteiger partial charge in [-0.05, 0) is 66.2 Å². The summed E-state index contributed by atoms with van der Waals surface area (Å²) in [6, 6.07) is 47.0. The average molecular weight is 1040 g/mol. The molecule has 2 amide bonds. The lowest BCUT2D eigenvalue weighted by Crippen LogP contribution is -2.71. The number of thiazole rings is 1. The summed E-state index contributed by atoms with van der Waals surface area (Å²) in [6.45, 7) is 0.404. The molecule has 2 unspecified atom stereocenters. The van der Waals surface area contributed by atoms with Gasteiger partial charge in [-0.2, -0.15) is 22.0 Å². The molecule has 0 spiro atoms. The van der Waals surface area contributed by atoms with Crippen molar-refractivity contribution in [3.8, 4) is 0 Å². The maximum atomic E-state index is 14.7. The molecule has 0 saturated carbocycles. The van der Waals surface area contributed by atoms with Gasteiger partial charge in [0.1, 0.15) is 28.3 Å². The summed E-state index contributed by atoms with van der Waals surface area (Å²) in [4.78, 5) is 65.0. The number of amides is 2. The van der Waals surface area contributed by atoms with E-state index in [2.05, 4.69) is 25.5 Å². The number of alkyl halides is 5. The molecule has 4 heterocycles. The van der Waals surface area contributed by atoms with Crippen LogP contribution in [0, 0.1) is 0 Å². The zero-order chi connectivity index (χ0) is 51.7. The number of carboxylic acids is 1. The number of carbonyl (C=O) groups excluding carboxylic acids is 3. The number of fused-ring (bicyclic) bond motifs is 1. The molecule has 6 aromatic rings. The van der Waals surface area contributed by atoms with Gasteiger partial charge in [-0.3, -0.25) is 19.4 Å². The molecule has 3 aliphatic rings. The number of oxime groups is 1. The third kappa shape index (κ3) is 11.6. The number of nitrogens with zero attached hydrogens (tertiary/aromatic N) is 4. The molecule has 2 fully saturated rings. The van der Waals surface area contributed by atoms with Gasteiger partial charge < -0.3 is 25.3 Å². The standard InChI is InChI=1S/C51H46F2N6O5S2.C2HF3O2/c1-33(58-29-17-18-30-58)39-31-65-47-42(46(61)59(47)43(39)48(62)63-44(34-19-7-2-8-20-34)35-21-9-3-10-22-35)55-45(60)41(57-64-49(52)53)40-32-66-50(54-40)56-51(36-23-11-4-12-24-36,37-25-13-5-14-26-37)38-27-15-6-16-28-38;3-2(4,5)1(6)7/h2-16,19-28,32-33,42,44,47,49H,17-18,29-31H2,1H3,(H,54,56)(H,55,60);(H,6,7)/t33?,42?,47-;/m1./s1. The van der Waals surface area contributed by atoms with Crippen LogP contribution in [0.4, 0.5) is 27.1 Å². The second-order valence-electron chi connectivity index (χ2n) is 16.9. The minimum absolute atomic E-state index is 0.0533. The van der Waals surface area contributed by atoms with Crippen molar-refractivity contribution >= 4 is 57.7 Å². The van der Waals surface area contributed by atoms with Gasteiger partial charge in [0.25, 0.3) is 11.8 Å². The minimum atomic E-state index is -5.08. The number of hydrogen-bond acceptors (Lipinski definition) is 12. The smallest absolute Gasteiger partial charge is 0.475 e. The number of esters is 1. The lowest BCUT2D eigenvalue weighted by Gasteiger charge is -2.50. The van der Waals surface area contributed by atoms with Gasteiger partial charge in [0.15, 0.2) is 16.9 Å². The van der Waals surface area contributed by atoms with Gasteiger partial charge >= 0.3 is 24.7 Å². The topological polar surface area (TPSA) is 163 Å². The first-order chi connectivity index (χ1) is 35.2. The molecule has 73 heavy (non-hydrogen) atoms. The highest BCUT2D eigenvalue weighted by Gasteiger charge is 2.56. The van der Waals surface area contributed by atoms with Crippen molar-refractivity contribution in [2.45, 2.75) is 61.7 Å². The Morgan fingerprint density at radius 2 is 1.26 bits per heavy atom. The molecule has 5 aromatic carbocycles. The Balaban J connectivity index is 0.000000948. The first-order valence-corrected chi connectivity index (χ1v) is 24.9. The summed E-state index contributed by atoms with van der Waals surface area (Å²) in [5, 5.41) is 18.2. The van der Waals surface area contributed by atoms with E-state index in [1.54, 1.807) is 0 Å². The maximum Gasteiger partial charge on any atom is 0.490 e. The minimum Gasteiger partial charge on any atom is -0.475 e. The number of aromatic nitrogens is 1. The third-order valence-corrected chi connectivity index (χ3v) is 14.5. The zero-order valence-electron chi connectivity index (χ0n) is 38.8. The number of β-lactam (4-membered cyclic amide) rings is 1. The lowest BCUT2D eigenvalue weighted by molar-refractivity contribution is -0.192. The van der Waals surface area contributed by atoms with Crippen molar-refractivity contribution in [2.75, 3.05) is 24.2 Å². The van der Waals surface area contributed by atoms with Crippen LogP contribution in [-0.2, 0) is 34.3 Å². The Hall–Kier alpha value is -7.42. The van der Waals surface area contributed by atoms with Gasteiger partial charge in [0, 0.05) is 17.2 Å². The van der Waals surface area contributed by atoms with E-state index in [0.29, 0.717) is 10.9 Å². The fourth-order valence-electron chi connectivity index (χ4n) is 8.94. The largest absolute Gasteiger partial charge is 0.490 e. The SMILES string of the molecule is CC(C1=C(C(=O)OC(c2ccccc2)c2ccccc2)N2C(=O)C(NC(=O)C(=NOC(F)F)c3csc(NC(c4ccccc4)(c4ccccc4)c4ccccc4)n3)[C@H]2SC1)N1CCCC1.O=C(O)C(F)(F)F. The molecule has 0 bridgehead atoms. The molecule has 0 radical (unpaired) electrons. The number of thioether (sulfide) groups is 1. The van der Waals surface area contributed by atoms with E-state index in [1.807, 2.05) is 159 Å². The van der Waals surface area contributed by atoms with E-state index in [9.17, 15) is 36.3 Å². The fourth-order valence-corrected chi connectivity index (χ4v) is 11.1. The molecule has 9 rings (SSSR count). The predicted molar refractivity (Wildman–Crippen MR) is 265 cm³/mol. The molecule has 13 nitrogen and oxygen atoms in total. The summed E-state index contributed by atoms with van der Waals surface area (Å²) >= 11 is 2.56.